The number of nitrogens with zero attached hydrogens (tertiary/aromatic N) is 2. The minimum atomic E-state index is -0.649. The van der Waals surface area contributed by atoms with E-state index in [0.29, 0.717) is 13.0 Å². The van der Waals surface area contributed by atoms with Crippen molar-refractivity contribution in [1.29, 1.82) is 0 Å². The van der Waals surface area contributed by atoms with Crippen LogP contribution in [0, 0.1) is 0 Å². The number of nitrogens with two attached hydrogens (primary N) is 1. The standard InChI is InChI=1S/C10H13N3O2/c1-8(11)13-10(14)15-7-4-9-2-5-12-6-3-9/h2-3,5-6H,4,7H2,1H3,(H2,11,13,14). The first-order valence-corrected chi connectivity index (χ1v) is 4.55. The van der Waals surface area contributed by atoms with Crippen LogP contribution in [0.25, 0.3) is 0 Å². The molecule has 0 saturated heterocycles. The molecule has 1 aromatic heterocycles. The van der Waals surface area contributed by atoms with Crippen LogP contribution in [0.15, 0.2) is 29.5 Å². The van der Waals surface area contributed by atoms with E-state index in [1.54, 1.807) is 12.4 Å². The summed E-state index contributed by atoms with van der Waals surface area (Å²) in [5.74, 6) is 0.198. The van der Waals surface area contributed by atoms with E-state index >= 15 is 0 Å². The highest BCUT2D eigenvalue weighted by atomic mass is 16.5. The van der Waals surface area contributed by atoms with Crippen LogP contribution in [0.2, 0.25) is 0 Å². The Bertz CT molecular complexity index is 345. The zero-order chi connectivity index (χ0) is 11.1. The molecular weight excluding hydrogens is 194 g/mol. The third-order valence-electron chi connectivity index (χ3n) is 1.63. The van der Waals surface area contributed by atoms with Gasteiger partial charge in [0.15, 0.2) is 0 Å². The number of aromatic nitrogens is 1. The minimum Gasteiger partial charge on any atom is -0.448 e. The van der Waals surface area contributed by atoms with E-state index < -0.39 is 6.09 Å². The SMILES string of the molecule is C/C(N)=N/C(=O)OCCc1ccncc1. The normalized spacial score (nSPS) is 11.1. The zero-order valence-corrected chi connectivity index (χ0v) is 8.51. The average Bonchev–Trinajstić information content (AvgIpc) is 2.18. The summed E-state index contributed by atoms with van der Waals surface area (Å²) in [6, 6.07) is 3.73. The number of carbonyl (C=O) groups excluding carboxylic acids is 1. The van der Waals surface area contributed by atoms with Crippen molar-refractivity contribution in [3.8, 4) is 0 Å². The Balaban J connectivity index is 2.28. The first kappa shape index (κ1) is 11.2. The van der Waals surface area contributed by atoms with Gasteiger partial charge in [-0.15, -0.1) is 0 Å². The largest absolute Gasteiger partial charge is 0.448 e. The summed E-state index contributed by atoms with van der Waals surface area (Å²) >= 11 is 0. The molecule has 0 aliphatic heterocycles. The lowest BCUT2D eigenvalue weighted by Crippen LogP contribution is -2.11. The fraction of sp³-hybridized carbons (Fsp3) is 0.300. The van der Waals surface area contributed by atoms with Crippen LogP contribution < -0.4 is 5.73 Å². The molecule has 1 aromatic rings. The van der Waals surface area contributed by atoms with E-state index in [4.69, 9.17) is 10.5 Å². The molecule has 0 aliphatic carbocycles. The minimum absolute atomic E-state index is 0.198. The van der Waals surface area contributed by atoms with Gasteiger partial charge < -0.3 is 10.5 Å². The summed E-state index contributed by atoms with van der Waals surface area (Å²) in [5, 5.41) is 0. The predicted molar refractivity (Wildman–Crippen MR) is 56.6 cm³/mol. The summed E-state index contributed by atoms with van der Waals surface area (Å²) in [6.45, 7) is 1.82. The van der Waals surface area contributed by atoms with Crippen molar-refractivity contribution in [2.24, 2.45) is 10.7 Å². The Hall–Kier alpha value is -1.91. The van der Waals surface area contributed by atoms with Crippen molar-refractivity contribution < 1.29 is 9.53 Å². The van der Waals surface area contributed by atoms with Crippen molar-refractivity contribution in [3.63, 3.8) is 0 Å². The van der Waals surface area contributed by atoms with Gasteiger partial charge in [-0.05, 0) is 24.6 Å². The molecular formula is C10H13N3O2. The third-order valence-corrected chi connectivity index (χ3v) is 1.63. The second kappa shape index (κ2) is 5.74. The number of amides is 1. The number of rotatable bonds is 3. The zero-order valence-electron chi connectivity index (χ0n) is 8.51. The number of carbonyl (C=O) groups is 1. The van der Waals surface area contributed by atoms with Gasteiger partial charge in [0.2, 0.25) is 0 Å². The topological polar surface area (TPSA) is 77.6 Å². The average molecular weight is 207 g/mol. The van der Waals surface area contributed by atoms with Gasteiger partial charge in [-0.25, -0.2) is 4.79 Å². The number of pyridine rings is 1. The molecule has 0 saturated carbocycles. The lowest BCUT2D eigenvalue weighted by molar-refractivity contribution is 0.158. The summed E-state index contributed by atoms with van der Waals surface area (Å²) in [4.78, 5) is 18.3. The fourth-order valence-electron chi connectivity index (χ4n) is 0.982. The van der Waals surface area contributed by atoms with E-state index in [1.807, 2.05) is 12.1 Å². The molecule has 0 aromatic carbocycles. The number of ether oxygens (including phenoxy) is 1. The lowest BCUT2D eigenvalue weighted by Gasteiger charge is -2.01. The molecule has 5 heteroatoms. The van der Waals surface area contributed by atoms with Crippen LogP contribution in [-0.4, -0.2) is 23.5 Å². The number of hydrogen-bond acceptors (Lipinski definition) is 3. The Morgan fingerprint density at radius 1 is 1.53 bits per heavy atom. The number of hydrogen-bond donors (Lipinski definition) is 1. The van der Waals surface area contributed by atoms with Crippen molar-refractivity contribution >= 4 is 11.9 Å². The van der Waals surface area contributed by atoms with E-state index in [1.165, 1.54) is 6.92 Å². The highest BCUT2D eigenvalue weighted by molar-refractivity contribution is 5.88. The van der Waals surface area contributed by atoms with E-state index in [0.717, 1.165) is 5.56 Å². The summed E-state index contributed by atoms with van der Waals surface area (Å²) in [5.41, 5.74) is 6.28. The van der Waals surface area contributed by atoms with Gasteiger partial charge in [0.1, 0.15) is 5.84 Å². The maximum absolute atomic E-state index is 10.9. The first-order chi connectivity index (χ1) is 7.18. The van der Waals surface area contributed by atoms with Gasteiger partial charge in [0.25, 0.3) is 0 Å². The van der Waals surface area contributed by atoms with Crippen LogP contribution >= 0.6 is 0 Å². The van der Waals surface area contributed by atoms with E-state index in [-0.39, 0.29) is 5.84 Å². The summed E-state index contributed by atoms with van der Waals surface area (Å²) in [7, 11) is 0. The highest BCUT2D eigenvalue weighted by Gasteiger charge is 1.99. The molecule has 15 heavy (non-hydrogen) atoms. The lowest BCUT2D eigenvalue weighted by atomic mass is 10.2. The van der Waals surface area contributed by atoms with Gasteiger partial charge >= 0.3 is 6.09 Å². The third kappa shape index (κ3) is 4.75. The predicted octanol–water partition coefficient (Wildman–Crippen LogP) is 1.14. The molecule has 1 heterocycles. The Labute approximate surface area is 88.0 Å². The molecule has 0 aliphatic rings. The van der Waals surface area contributed by atoms with Crippen LogP contribution in [0.5, 0.6) is 0 Å². The van der Waals surface area contributed by atoms with Crippen LogP contribution in [-0.2, 0) is 11.2 Å². The van der Waals surface area contributed by atoms with E-state index in [2.05, 4.69) is 9.98 Å². The molecule has 0 atom stereocenters. The van der Waals surface area contributed by atoms with Crippen molar-refractivity contribution in [2.45, 2.75) is 13.3 Å². The molecule has 0 fully saturated rings. The van der Waals surface area contributed by atoms with Crippen molar-refractivity contribution in [2.75, 3.05) is 6.61 Å². The van der Waals surface area contributed by atoms with Crippen molar-refractivity contribution in [1.82, 2.24) is 4.98 Å². The smallest absolute Gasteiger partial charge is 0.435 e. The molecule has 0 bridgehead atoms. The molecule has 1 rings (SSSR count). The summed E-state index contributed by atoms with van der Waals surface area (Å²) < 4.78 is 4.83. The van der Waals surface area contributed by atoms with Gasteiger partial charge in [-0.1, -0.05) is 0 Å². The molecule has 0 spiro atoms. The van der Waals surface area contributed by atoms with Crippen molar-refractivity contribution in [3.05, 3.63) is 30.1 Å². The maximum atomic E-state index is 10.9. The first-order valence-electron chi connectivity index (χ1n) is 4.55. The quantitative estimate of drug-likeness (QED) is 0.595. The second-order valence-electron chi connectivity index (χ2n) is 2.97. The van der Waals surface area contributed by atoms with Gasteiger partial charge in [0.05, 0.1) is 6.61 Å². The second-order valence-corrected chi connectivity index (χ2v) is 2.97. The van der Waals surface area contributed by atoms with Crippen LogP contribution in [0.4, 0.5) is 4.79 Å². The fourth-order valence-corrected chi connectivity index (χ4v) is 0.982. The Kier molecular flexibility index (Phi) is 4.28. The monoisotopic (exact) mass is 207 g/mol. The molecule has 2 N–H and O–H groups in total. The summed E-state index contributed by atoms with van der Waals surface area (Å²) in [6.07, 6.45) is 3.38. The van der Waals surface area contributed by atoms with Gasteiger partial charge in [0, 0.05) is 18.8 Å². The molecule has 80 valence electrons. The van der Waals surface area contributed by atoms with Gasteiger partial charge in [-0.2, -0.15) is 4.99 Å². The number of aliphatic imine (C=N–C) groups is 1. The Morgan fingerprint density at radius 2 is 2.20 bits per heavy atom. The van der Waals surface area contributed by atoms with E-state index in [9.17, 15) is 4.79 Å². The number of amidine groups is 1. The van der Waals surface area contributed by atoms with Crippen LogP contribution in [0.3, 0.4) is 0 Å². The molecule has 1 amide bonds. The van der Waals surface area contributed by atoms with Crippen LogP contribution in [0.1, 0.15) is 12.5 Å². The molecule has 0 unspecified atom stereocenters. The maximum Gasteiger partial charge on any atom is 0.435 e. The van der Waals surface area contributed by atoms with Gasteiger partial charge in [-0.3, -0.25) is 4.98 Å². The Morgan fingerprint density at radius 3 is 2.80 bits per heavy atom. The molecule has 5 nitrogen and oxygen atoms in total. The molecule has 0 radical (unpaired) electrons. The highest BCUT2D eigenvalue weighted by Crippen LogP contribution is 1.98.